The van der Waals surface area contributed by atoms with Crippen molar-refractivity contribution in [1.29, 1.82) is 0 Å². The summed E-state index contributed by atoms with van der Waals surface area (Å²) in [7, 11) is -1.77. The Labute approximate surface area is 111 Å². The zero-order valence-corrected chi connectivity index (χ0v) is 12.6. The molecule has 5 nitrogen and oxygen atoms in total. The molecule has 0 amide bonds. The van der Waals surface area contributed by atoms with Crippen molar-refractivity contribution in [3.05, 3.63) is 12.5 Å². The predicted molar refractivity (Wildman–Crippen MR) is 70.6 cm³/mol. The second kappa shape index (κ2) is 5.97. The number of alkyl halides is 1. The summed E-state index contributed by atoms with van der Waals surface area (Å²) in [6.07, 6.45) is 3.72. The molecule has 0 aromatic carbocycles. The molecule has 7 heteroatoms. The monoisotopic (exact) mass is 323 g/mol. The molecule has 0 saturated heterocycles. The van der Waals surface area contributed by atoms with Crippen LogP contribution >= 0.6 is 15.9 Å². The van der Waals surface area contributed by atoms with Gasteiger partial charge in [-0.25, -0.2) is 18.1 Å². The van der Waals surface area contributed by atoms with Crippen molar-refractivity contribution in [2.24, 2.45) is 13.0 Å². The minimum atomic E-state index is -3.51. The molecule has 0 saturated carbocycles. The topological polar surface area (TPSA) is 64.0 Å². The fourth-order valence-corrected chi connectivity index (χ4v) is 3.33. The maximum Gasteiger partial charge on any atom is 0.259 e. The van der Waals surface area contributed by atoms with Crippen molar-refractivity contribution in [3.63, 3.8) is 0 Å². The molecule has 1 rings (SSSR count). The first kappa shape index (κ1) is 14.7. The fraction of sp³-hybridized carbons (Fsp3) is 0.700. The molecular formula is C10H18BrN3O2S. The van der Waals surface area contributed by atoms with Crippen molar-refractivity contribution in [3.8, 4) is 0 Å². The SMILES string of the molecule is CC(C)C(CCBr)NS(=O)(=O)c1cn(C)cn1. The zero-order valence-electron chi connectivity index (χ0n) is 10.2. The van der Waals surface area contributed by atoms with E-state index in [2.05, 4.69) is 25.6 Å². The molecule has 0 aliphatic carbocycles. The Morgan fingerprint density at radius 1 is 1.53 bits per heavy atom. The second-order valence-corrected chi connectivity index (χ2v) is 6.78. The maximum atomic E-state index is 12.0. The van der Waals surface area contributed by atoms with E-state index in [4.69, 9.17) is 0 Å². The van der Waals surface area contributed by atoms with Gasteiger partial charge in [-0.3, -0.25) is 0 Å². The lowest BCUT2D eigenvalue weighted by Crippen LogP contribution is -2.38. The fourth-order valence-electron chi connectivity index (χ4n) is 1.43. The molecule has 0 radical (unpaired) electrons. The Morgan fingerprint density at radius 2 is 2.18 bits per heavy atom. The van der Waals surface area contributed by atoms with Crippen LogP contribution in [-0.4, -0.2) is 29.3 Å². The first-order valence-corrected chi connectivity index (χ1v) is 8.03. The minimum Gasteiger partial charge on any atom is -0.339 e. The first-order valence-electron chi connectivity index (χ1n) is 5.43. The van der Waals surface area contributed by atoms with E-state index in [-0.39, 0.29) is 17.0 Å². The van der Waals surface area contributed by atoms with Gasteiger partial charge in [0.05, 0.1) is 6.33 Å². The second-order valence-electron chi connectivity index (χ2n) is 4.33. The van der Waals surface area contributed by atoms with Crippen LogP contribution < -0.4 is 4.72 Å². The smallest absolute Gasteiger partial charge is 0.259 e. The van der Waals surface area contributed by atoms with E-state index < -0.39 is 10.0 Å². The van der Waals surface area contributed by atoms with Gasteiger partial charge in [-0.2, -0.15) is 0 Å². The highest BCUT2D eigenvalue weighted by molar-refractivity contribution is 9.09. The number of imidazole rings is 1. The highest BCUT2D eigenvalue weighted by Crippen LogP contribution is 2.12. The van der Waals surface area contributed by atoms with Crippen LogP contribution in [0.4, 0.5) is 0 Å². The number of aromatic nitrogens is 2. The van der Waals surface area contributed by atoms with Crippen LogP contribution in [0, 0.1) is 5.92 Å². The summed E-state index contributed by atoms with van der Waals surface area (Å²) in [4.78, 5) is 3.86. The maximum absolute atomic E-state index is 12.0. The van der Waals surface area contributed by atoms with Gasteiger partial charge < -0.3 is 4.57 Å². The van der Waals surface area contributed by atoms with Crippen LogP contribution in [0.15, 0.2) is 17.6 Å². The summed E-state index contributed by atoms with van der Waals surface area (Å²) in [5.74, 6) is 0.242. The van der Waals surface area contributed by atoms with Crippen LogP contribution in [0.2, 0.25) is 0 Å². The van der Waals surface area contributed by atoms with Crippen LogP contribution in [0.3, 0.4) is 0 Å². The van der Waals surface area contributed by atoms with Gasteiger partial charge in [0.2, 0.25) is 0 Å². The molecule has 17 heavy (non-hydrogen) atoms. The number of halogens is 1. The Hall–Kier alpha value is -0.400. The lowest BCUT2D eigenvalue weighted by molar-refractivity contribution is 0.439. The van der Waals surface area contributed by atoms with Crippen LogP contribution in [-0.2, 0) is 17.1 Å². The van der Waals surface area contributed by atoms with E-state index in [0.29, 0.717) is 0 Å². The number of nitrogens with zero attached hydrogens (tertiary/aromatic N) is 2. The first-order chi connectivity index (χ1) is 7.86. The molecule has 1 aromatic rings. The third-order valence-corrected chi connectivity index (χ3v) is 4.32. The summed E-state index contributed by atoms with van der Waals surface area (Å²) in [6.45, 7) is 3.99. The summed E-state index contributed by atoms with van der Waals surface area (Å²) in [6, 6.07) is -0.0821. The van der Waals surface area contributed by atoms with Crippen LogP contribution in [0.25, 0.3) is 0 Å². The van der Waals surface area contributed by atoms with E-state index >= 15 is 0 Å². The van der Waals surface area contributed by atoms with Gasteiger partial charge in [0.25, 0.3) is 10.0 Å². The van der Waals surface area contributed by atoms with Gasteiger partial charge in [-0.1, -0.05) is 29.8 Å². The normalized spacial score (nSPS) is 14.2. The molecule has 0 aliphatic heterocycles. The third kappa shape index (κ3) is 4.08. The van der Waals surface area contributed by atoms with Crippen molar-refractivity contribution in [2.45, 2.75) is 31.3 Å². The van der Waals surface area contributed by atoms with E-state index in [1.54, 1.807) is 11.6 Å². The molecule has 1 N–H and O–H groups in total. The third-order valence-electron chi connectivity index (χ3n) is 2.49. The number of rotatable bonds is 6. The van der Waals surface area contributed by atoms with E-state index in [1.807, 2.05) is 13.8 Å². The summed E-state index contributed by atoms with van der Waals surface area (Å²) in [5.41, 5.74) is 0. The molecule has 1 atom stereocenters. The van der Waals surface area contributed by atoms with Crippen molar-refractivity contribution >= 4 is 26.0 Å². The Morgan fingerprint density at radius 3 is 2.59 bits per heavy atom. The molecule has 1 unspecified atom stereocenters. The Kier molecular flexibility index (Phi) is 5.15. The van der Waals surface area contributed by atoms with Crippen molar-refractivity contribution in [2.75, 3.05) is 5.33 Å². The van der Waals surface area contributed by atoms with E-state index in [1.165, 1.54) is 12.5 Å². The number of sulfonamides is 1. The van der Waals surface area contributed by atoms with Gasteiger partial charge in [0.1, 0.15) is 0 Å². The molecule has 1 aromatic heterocycles. The lowest BCUT2D eigenvalue weighted by Gasteiger charge is -2.20. The van der Waals surface area contributed by atoms with Gasteiger partial charge in [-0.05, 0) is 12.3 Å². The van der Waals surface area contributed by atoms with E-state index in [9.17, 15) is 8.42 Å². The number of nitrogens with one attached hydrogen (secondary N) is 1. The summed E-state index contributed by atoms with van der Waals surface area (Å²) >= 11 is 3.33. The van der Waals surface area contributed by atoms with Crippen LogP contribution in [0.1, 0.15) is 20.3 Å². The molecule has 1 heterocycles. The highest BCUT2D eigenvalue weighted by atomic mass is 79.9. The van der Waals surface area contributed by atoms with Crippen LogP contribution in [0.5, 0.6) is 0 Å². The largest absolute Gasteiger partial charge is 0.339 e. The highest BCUT2D eigenvalue weighted by Gasteiger charge is 2.23. The van der Waals surface area contributed by atoms with Gasteiger partial charge in [-0.15, -0.1) is 0 Å². The predicted octanol–water partition coefficient (Wildman–Crippen LogP) is 1.51. The number of hydrogen-bond donors (Lipinski definition) is 1. The zero-order chi connectivity index (χ0) is 13.1. The van der Waals surface area contributed by atoms with Gasteiger partial charge >= 0.3 is 0 Å². The van der Waals surface area contributed by atoms with Gasteiger partial charge in [0.15, 0.2) is 5.03 Å². The summed E-state index contributed by atoms with van der Waals surface area (Å²) < 4.78 is 28.4. The lowest BCUT2D eigenvalue weighted by atomic mass is 10.0. The average Bonchev–Trinajstić information content (AvgIpc) is 2.64. The van der Waals surface area contributed by atoms with Crippen molar-refractivity contribution in [1.82, 2.24) is 14.3 Å². The van der Waals surface area contributed by atoms with Crippen molar-refractivity contribution < 1.29 is 8.42 Å². The molecule has 0 fully saturated rings. The molecular weight excluding hydrogens is 306 g/mol. The molecule has 0 aliphatic rings. The standard InChI is InChI=1S/C10H18BrN3O2S/c1-8(2)9(4-5-11)13-17(15,16)10-6-14(3)7-12-10/h6-9,13H,4-5H2,1-3H3. The molecule has 0 bridgehead atoms. The summed E-state index contributed by atoms with van der Waals surface area (Å²) in [5, 5.41) is 0.834. The number of aryl methyl sites for hydroxylation is 1. The Balaban J connectivity index is 2.84. The average molecular weight is 324 g/mol. The van der Waals surface area contributed by atoms with Gasteiger partial charge in [0, 0.05) is 24.6 Å². The Bertz CT molecular complexity index is 456. The molecule has 98 valence electrons. The quantitative estimate of drug-likeness (QED) is 0.807. The number of hydrogen-bond acceptors (Lipinski definition) is 3. The minimum absolute atomic E-state index is 0.0697. The molecule has 0 spiro atoms. The van der Waals surface area contributed by atoms with E-state index in [0.717, 1.165) is 11.8 Å².